The van der Waals surface area contributed by atoms with Crippen LogP contribution in [0.15, 0.2) is 30.3 Å². The molecule has 0 saturated carbocycles. The molecule has 2 aliphatic rings. The van der Waals surface area contributed by atoms with Crippen LogP contribution in [-0.4, -0.2) is 58.4 Å². The number of benzene rings is 1. The SMILES string of the molecule is CCOC(=O)N1C(C)CC2CC1C([C@H](C)O)N(Cc1ccccc1)C2. The predicted molar refractivity (Wildman–Crippen MR) is 97.2 cm³/mol. The third-order valence-electron chi connectivity index (χ3n) is 5.59. The molecule has 1 aromatic rings. The summed E-state index contributed by atoms with van der Waals surface area (Å²) in [7, 11) is 0. The molecular formula is C20H30N2O3. The first kappa shape index (κ1) is 18.2. The number of fused-ring (bicyclic) bond motifs is 2. The van der Waals surface area contributed by atoms with Crippen molar-refractivity contribution in [2.45, 2.75) is 64.4 Å². The summed E-state index contributed by atoms with van der Waals surface area (Å²) in [5.74, 6) is 0.560. The molecule has 2 saturated heterocycles. The zero-order valence-corrected chi connectivity index (χ0v) is 15.5. The second-order valence-corrected chi connectivity index (χ2v) is 7.51. The Morgan fingerprint density at radius 2 is 2.04 bits per heavy atom. The highest BCUT2D eigenvalue weighted by Crippen LogP contribution is 2.38. The van der Waals surface area contributed by atoms with E-state index in [1.165, 1.54) is 5.56 Å². The number of piperidine rings is 2. The van der Waals surface area contributed by atoms with E-state index in [2.05, 4.69) is 24.0 Å². The number of ether oxygens (including phenoxy) is 1. The summed E-state index contributed by atoms with van der Waals surface area (Å²) in [6, 6.07) is 10.4. The number of carbonyl (C=O) groups is 1. The molecule has 2 aliphatic heterocycles. The lowest BCUT2D eigenvalue weighted by Gasteiger charge is -2.55. The number of likely N-dealkylation sites (tertiary alicyclic amines) is 2. The highest BCUT2D eigenvalue weighted by molar-refractivity contribution is 5.69. The molecule has 3 rings (SSSR count). The van der Waals surface area contributed by atoms with Gasteiger partial charge in [-0.2, -0.15) is 0 Å². The molecule has 2 heterocycles. The normalized spacial score (nSPS) is 30.8. The number of aliphatic hydroxyl groups excluding tert-OH is 1. The fraction of sp³-hybridized carbons (Fsp3) is 0.650. The molecule has 1 N–H and O–H groups in total. The Hall–Kier alpha value is -1.59. The number of rotatable bonds is 4. The summed E-state index contributed by atoms with van der Waals surface area (Å²) in [5.41, 5.74) is 1.24. The molecule has 5 nitrogen and oxygen atoms in total. The van der Waals surface area contributed by atoms with Gasteiger partial charge in [0, 0.05) is 19.1 Å². The van der Waals surface area contributed by atoms with E-state index in [0.29, 0.717) is 12.5 Å². The first-order chi connectivity index (χ1) is 12.0. The molecule has 5 heteroatoms. The zero-order chi connectivity index (χ0) is 18.0. The average Bonchev–Trinajstić information content (AvgIpc) is 2.55. The van der Waals surface area contributed by atoms with E-state index in [1.54, 1.807) is 0 Å². The maximum Gasteiger partial charge on any atom is 0.410 e. The zero-order valence-electron chi connectivity index (χ0n) is 15.5. The van der Waals surface area contributed by atoms with E-state index in [4.69, 9.17) is 4.74 Å². The molecule has 4 unspecified atom stereocenters. The molecule has 0 radical (unpaired) electrons. The van der Waals surface area contributed by atoms with Crippen molar-refractivity contribution < 1.29 is 14.6 Å². The minimum Gasteiger partial charge on any atom is -0.450 e. The van der Waals surface area contributed by atoms with E-state index in [9.17, 15) is 9.90 Å². The van der Waals surface area contributed by atoms with Crippen molar-refractivity contribution >= 4 is 6.09 Å². The van der Waals surface area contributed by atoms with Crippen LogP contribution >= 0.6 is 0 Å². The van der Waals surface area contributed by atoms with Crippen LogP contribution in [0.5, 0.6) is 0 Å². The van der Waals surface area contributed by atoms with Gasteiger partial charge in [-0.1, -0.05) is 30.3 Å². The Labute approximate surface area is 150 Å². The molecular weight excluding hydrogens is 316 g/mol. The van der Waals surface area contributed by atoms with Crippen LogP contribution < -0.4 is 0 Å². The Balaban J connectivity index is 1.86. The lowest BCUT2D eigenvalue weighted by Crippen LogP contribution is -2.67. The van der Waals surface area contributed by atoms with Gasteiger partial charge < -0.3 is 14.7 Å². The summed E-state index contributed by atoms with van der Waals surface area (Å²) < 4.78 is 5.31. The predicted octanol–water partition coefficient (Wildman–Crippen LogP) is 2.88. The molecule has 0 aromatic heterocycles. The number of carbonyl (C=O) groups excluding carboxylic acids is 1. The van der Waals surface area contributed by atoms with Crippen molar-refractivity contribution in [3.8, 4) is 0 Å². The standard InChI is InChI=1S/C20H30N2O3/c1-4-25-20(24)22-14(2)10-17-11-18(22)19(15(3)23)21(13-17)12-16-8-6-5-7-9-16/h5-9,14-15,17-19,23H,4,10-13H2,1-3H3/t14?,15-,17?,18?,19?/m0/s1. The largest absolute Gasteiger partial charge is 0.450 e. The number of nitrogens with zero attached hydrogens (tertiary/aromatic N) is 2. The summed E-state index contributed by atoms with van der Waals surface area (Å²) in [6.07, 6.45) is 1.19. The Bertz CT molecular complexity index is 578. The molecule has 2 fully saturated rings. The van der Waals surface area contributed by atoms with E-state index >= 15 is 0 Å². The second kappa shape index (κ2) is 7.75. The lowest BCUT2D eigenvalue weighted by atomic mass is 9.77. The molecule has 0 aliphatic carbocycles. The molecule has 25 heavy (non-hydrogen) atoms. The fourth-order valence-corrected chi connectivity index (χ4v) is 4.75. The average molecular weight is 346 g/mol. The van der Waals surface area contributed by atoms with Gasteiger partial charge in [0.25, 0.3) is 0 Å². The van der Waals surface area contributed by atoms with Gasteiger partial charge in [-0.05, 0) is 45.1 Å². The third kappa shape index (κ3) is 3.82. The molecule has 5 atom stereocenters. The summed E-state index contributed by atoms with van der Waals surface area (Å²) >= 11 is 0. The summed E-state index contributed by atoms with van der Waals surface area (Å²) in [5, 5.41) is 10.5. The van der Waals surface area contributed by atoms with E-state index in [1.807, 2.05) is 36.9 Å². The van der Waals surface area contributed by atoms with Crippen LogP contribution in [-0.2, 0) is 11.3 Å². The van der Waals surface area contributed by atoms with Gasteiger partial charge in [0.05, 0.1) is 24.8 Å². The van der Waals surface area contributed by atoms with Crippen molar-refractivity contribution in [3.05, 3.63) is 35.9 Å². The molecule has 138 valence electrons. The van der Waals surface area contributed by atoms with Gasteiger partial charge >= 0.3 is 6.09 Å². The maximum absolute atomic E-state index is 12.5. The first-order valence-corrected chi connectivity index (χ1v) is 9.42. The molecule has 1 aromatic carbocycles. The van der Waals surface area contributed by atoms with Crippen molar-refractivity contribution in [2.75, 3.05) is 13.2 Å². The van der Waals surface area contributed by atoms with Gasteiger partial charge in [0.1, 0.15) is 0 Å². The molecule has 1 amide bonds. The maximum atomic E-state index is 12.5. The lowest BCUT2D eigenvalue weighted by molar-refractivity contribution is -0.0816. The van der Waals surface area contributed by atoms with Crippen molar-refractivity contribution in [1.29, 1.82) is 0 Å². The van der Waals surface area contributed by atoms with Crippen molar-refractivity contribution in [1.82, 2.24) is 9.80 Å². The van der Waals surface area contributed by atoms with Crippen LogP contribution in [0.1, 0.15) is 39.2 Å². The van der Waals surface area contributed by atoms with Crippen molar-refractivity contribution in [3.63, 3.8) is 0 Å². The van der Waals surface area contributed by atoms with Crippen LogP contribution in [0.25, 0.3) is 0 Å². The fourth-order valence-electron chi connectivity index (χ4n) is 4.75. The van der Waals surface area contributed by atoms with Crippen LogP contribution in [0.4, 0.5) is 4.79 Å². The minimum absolute atomic E-state index is 0.00487. The number of amides is 1. The monoisotopic (exact) mass is 346 g/mol. The summed E-state index contributed by atoms with van der Waals surface area (Å²) in [6.45, 7) is 7.93. The molecule has 2 bridgehead atoms. The smallest absolute Gasteiger partial charge is 0.410 e. The van der Waals surface area contributed by atoms with Gasteiger partial charge in [0.15, 0.2) is 0 Å². The van der Waals surface area contributed by atoms with Gasteiger partial charge in [0.2, 0.25) is 0 Å². The van der Waals surface area contributed by atoms with E-state index < -0.39 is 6.10 Å². The van der Waals surface area contributed by atoms with Crippen LogP contribution in [0, 0.1) is 5.92 Å². The highest BCUT2D eigenvalue weighted by Gasteiger charge is 2.48. The second-order valence-electron chi connectivity index (χ2n) is 7.51. The van der Waals surface area contributed by atoms with Crippen LogP contribution in [0.2, 0.25) is 0 Å². The Morgan fingerprint density at radius 3 is 2.68 bits per heavy atom. The summed E-state index contributed by atoms with van der Waals surface area (Å²) in [4.78, 5) is 16.8. The highest BCUT2D eigenvalue weighted by atomic mass is 16.6. The first-order valence-electron chi connectivity index (χ1n) is 9.42. The molecule has 0 spiro atoms. The van der Waals surface area contributed by atoms with Gasteiger partial charge in [-0.3, -0.25) is 4.90 Å². The van der Waals surface area contributed by atoms with Crippen molar-refractivity contribution in [2.24, 2.45) is 5.92 Å². The Kier molecular flexibility index (Phi) is 5.64. The van der Waals surface area contributed by atoms with Gasteiger partial charge in [-0.25, -0.2) is 4.79 Å². The number of hydrogen-bond acceptors (Lipinski definition) is 4. The number of aliphatic hydroxyl groups is 1. The topological polar surface area (TPSA) is 53.0 Å². The van der Waals surface area contributed by atoms with Gasteiger partial charge in [-0.15, -0.1) is 0 Å². The minimum atomic E-state index is -0.503. The quantitative estimate of drug-likeness (QED) is 0.911. The Morgan fingerprint density at radius 1 is 1.32 bits per heavy atom. The van der Waals surface area contributed by atoms with E-state index in [-0.39, 0.29) is 24.2 Å². The van der Waals surface area contributed by atoms with Crippen LogP contribution in [0.3, 0.4) is 0 Å². The van der Waals surface area contributed by atoms with E-state index in [0.717, 1.165) is 25.9 Å². The number of hydrogen-bond donors (Lipinski definition) is 1. The third-order valence-corrected chi connectivity index (χ3v) is 5.59.